The number of aliphatic hydroxyl groups excluding tert-OH is 1. The highest BCUT2D eigenvalue weighted by Crippen LogP contribution is 2.37. The fourth-order valence-electron chi connectivity index (χ4n) is 4.89. The number of thiazole rings is 1. The number of benzene rings is 1. The van der Waals surface area contributed by atoms with Gasteiger partial charge in [-0.2, -0.15) is 0 Å². The summed E-state index contributed by atoms with van der Waals surface area (Å²) < 4.78 is 28.2. The van der Waals surface area contributed by atoms with E-state index in [4.69, 9.17) is 9.47 Å². The number of pyridine rings is 2. The normalized spacial score (nSPS) is 20.2. The topological polar surface area (TPSA) is 92.6 Å². The van der Waals surface area contributed by atoms with Crippen LogP contribution in [0.5, 0.6) is 11.6 Å². The maximum Gasteiger partial charge on any atom is 0.227 e. The predicted octanol–water partition coefficient (Wildman–Crippen LogP) is 5.24. The zero-order chi connectivity index (χ0) is 25.2. The Morgan fingerprint density at radius 1 is 1.05 bits per heavy atom. The number of aliphatic hydroxyl groups is 1. The minimum Gasteiger partial charge on any atom is -0.438 e. The summed E-state index contributed by atoms with van der Waals surface area (Å²) in [6.07, 6.45) is 6.82. The summed E-state index contributed by atoms with van der Waals surface area (Å²) in [6.45, 7) is 2.28. The van der Waals surface area contributed by atoms with Gasteiger partial charge in [0.2, 0.25) is 5.88 Å². The second-order valence-electron chi connectivity index (χ2n) is 9.30. The lowest BCUT2D eigenvalue weighted by Crippen LogP contribution is -2.37. The standard InChI is InChI=1S/C27H28FN5O3S/c28-24-18(9-11-29-25(24)33-12-14-35-15-13-33)19-4-3-10-30-26(19)36-17-7-8-21-23(16-17)37-27(32-21)31-20-5-1-2-6-22(20)34/h3-4,7-11,16,20,22,34H,1-2,5-6,12-15H2,(H,31,32)/t20-,22-/m1/s1. The molecule has 2 aliphatic rings. The number of fused-ring (bicyclic) bond motifs is 1. The van der Waals surface area contributed by atoms with Crippen LogP contribution in [-0.2, 0) is 4.74 Å². The molecule has 1 saturated heterocycles. The van der Waals surface area contributed by atoms with Gasteiger partial charge in [-0.3, -0.25) is 0 Å². The van der Waals surface area contributed by atoms with Crippen LogP contribution in [0, 0.1) is 5.82 Å². The summed E-state index contributed by atoms with van der Waals surface area (Å²) >= 11 is 1.52. The van der Waals surface area contributed by atoms with Crippen molar-refractivity contribution in [3.8, 4) is 22.8 Å². The van der Waals surface area contributed by atoms with E-state index in [0.29, 0.717) is 54.9 Å². The molecule has 10 heteroatoms. The Bertz CT molecular complexity index is 1390. The Balaban J connectivity index is 1.26. The van der Waals surface area contributed by atoms with Crippen LogP contribution in [0.3, 0.4) is 0 Å². The van der Waals surface area contributed by atoms with Crippen LogP contribution in [0.1, 0.15) is 25.7 Å². The van der Waals surface area contributed by atoms with Gasteiger partial charge in [0, 0.05) is 42.7 Å². The first kappa shape index (κ1) is 24.0. The van der Waals surface area contributed by atoms with E-state index in [-0.39, 0.29) is 12.1 Å². The lowest BCUT2D eigenvalue weighted by atomic mass is 9.93. The van der Waals surface area contributed by atoms with E-state index < -0.39 is 5.82 Å². The molecule has 1 aliphatic heterocycles. The first-order valence-corrected chi connectivity index (χ1v) is 13.4. The fourth-order valence-corrected chi connectivity index (χ4v) is 5.85. The second-order valence-corrected chi connectivity index (χ2v) is 10.3. The third-order valence-electron chi connectivity index (χ3n) is 6.86. The summed E-state index contributed by atoms with van der Waals surface area (Å²) in [7, 11) is 0. The van der Waals surface area contributed by atoms with E-state index in [1.165, 1.54) is 11.3 Å². The number of ether oxygens (including phenoxy) is 2. The van der Waals surface area contributed by atoms with Gasteiger partial charge < -0.3 is 24.8 Å². The van der Waals surface area contributed by atoms with E-state index in [1.54, 1.807) is 30.6 Å². The largest absolute Gasteiger partial charge is 0.438 e. The van der Waals surface area contributed by atoms with E-state index in [0.717, 1.165) is 41.0 Å². The van der Waals surface area contributed by atoms with Crippen LogP contribution in [-0.4, -0.2) is 58.5 Å². The Labute approximate surface area is 218 Å². The number of aromatic nitrogens is 3. The number of rotatable bonds is 6. The molecule has 3 aromatic heterocycles. The molecular weight excluding hydrogens is 493 g/mol. The molecule has 6 rings (SSSR count). The van der Waals surface area contributed by atoms with E-state index >= 15 is 4.39 Å². The summed E-state index contributed by atoms with van der Waals surface area (Å²) in [5.41, 5.74) is 1.78. The highest BCUT2D eigenvalue weighted by Gasteiger charge is 2.24. The highest BCUT2D eigenvalue weighted by molar-refractivity contribution is 7.22. The summed E-state index contributed by atoms with van der Waals surface area (Å²) in [4.78, 5) is 15.3. The summed E-state index contributed by atoms with van der Waals surface area (Å²) in [6, 6.07) is 10.9. The molecule has 4 heterocycles. The molecule has 192 valence electrons. The molecule has 1 aromatic carbocycles. The lowest BCUT2D eigenvalue weighted by molar-refractivity contribution is 0.116. The van der Waals surface area contributed by atoms with Crippen molar-refractivity contribution in [3.05, 3.63) is 54.6 Å². The molecule has 8 nitrogen and oxygen atoms in total. The third-order valence-corrected chi connectivity index (χ3v) is 7.80. The van der Waals surface area contributed by atoms with Gasteiger partial charge in [-0.25, -0.2) is 19.3 Å². The molecule has 1 aliphatic carbocycles. The Kier molecular flexibility index (Phi) is 6.86. The van der Waals surface area contributed by atoms with Crippen LogP contribution in [0.2, 0.25) is 0 Å². The van der Waals surface area contributed by atoms with Crippen molar-refractivity contribution < 1.29 is 19.0 Å². The van der Waals surface area contributed by atoms with Crippen molar-refractivity contribution in [2.24, 2.45) is 0 Å². The summed E-state index contributed by atoms with van der Waals surface area (Å²) in [5.74, 6) is 0.807. The molecule has 0 unspecified atom stereocenters. The summed E-state index contributed by atoms with van der Waals surface area (Å²) in [5, 5.41) is 14.5. The van der Waals surface area contributed by atoms with Crippen molar-refractivity contribution >= 4 is 32.5 Å². The van der Waals surface area contributed by atoms with Crippen LogP contribution in [0.15, 0.2) is 48.8 Å². The molecular formula is C27H28FN5O3S. The van der Waals surface area contributed by atoms with Gasteiger partial charge in [0.05, 0.1) is 35.6 Å². The predicted molar refractivity (Wildman–Crippen MR) is 142 cm³/mol. The number of hydrogen-bond donors (Lipinski definition) is 2. The molecule has 0 amide bonds. The Morgan fingerprint density at radius 3 is 2.78 bits per heavy atom. The van der Waals surface area contributed by atoms with E-state index in [2.05, 4.69) is 20.3 Å². The number of morpholine rings is 1. The molecule has 2 atom stereocenters. The van der Waals surface area contributed by atoms with Crippen molar-refractivity contribution in [1.82, 2.24) is 15.0 Å². The van der Waals surface area contributed by atoms with Gasteiger partial charge in [-0.05, 0) is 43.2 Å². The van der Waals surface area contributed by atoms with Crippen LogP contribution >= 0.6 is 11.3 Å². The molecule has 0 spiro atoms. The average molecular weight is 522 g/mol. The van der Waals surface area contributed by atoms with Gasteiger partial charge in [0.1, 0.15) is 5.75 Å². The monoisotopic (exact) mass is 521 g/mol. The quantitative estimate of drug-likeness (QED) is 0.356. The molecule has 2 N–H and O–H groups in total. The average Bonchev–Trinajstić information content (AvgIpc) is 3.33. The maximum atomic E-state index is 15.6. The van der Waals surface area contributed by atoms with Gasteiger partial charge in [-0.15, -0.1) is 0 Å². The van der Waals surface area contributed by atoms with Crippen LogP contribution in [0.25, 0.3) is 21.3 Å². The van der Waals surface area contributed by atoms with Crippen LogP contribution < -0.4 is 15.0 Å². The minimum absolute atomic E-state index is 0.0266. The van der Waals surface area contributed by atoms with Crippen molar-refractivity contribution in [1.29, 1.82) is 0 Å². The molecule has 2 fully saturated rings. The van der Waals surface area contributed by atoms with Crippen molar-refractivity contribution in [2.45, 2.75) is 37.8 Å². The molecule has 37 heavy (non-hydrogen) atoms. The number of nitrogens with zero attached hydrogens (tertiary/aromatic N) is 4. The third kappa shape index (κ3) is 5.09. The number of nitrogens with one attached hydrogen (secondary N) is 1. The van der Waals surface area contributed by atoms with Gasteiger partial charge in [0.25, 0.3) is 0 Å². The Hall–Kier alpha value is -3.34. The van der Waals surface area contributed by atoms with Crippen LogP contribution in [0.4, 0.5) is 15.3 Å². The number of hydrogen-bond acceptors (Lipinski definition) is 9. The molecule has 4 aromatic rings. The van der Waals surface area contributed by atoms with Crippen molar-refractivity contribution in [3.63, 3.8) is 0 Å². The number of anilines is 2. The highest BCUT2D eigenvalue weighted by atomic mass is 32.1. The van der Waals surface area contributed by atoms with Crippen molar-refractivity contribution in [2.75, 3.05) is 36.5 Å². The van der Waals surface area contributed by atoms with Gasteiger partial charge in [0.15, 0.2) is 16.8 Å². The zero-order valence-corrected chi connectivity index (χ0v) is 21.1. The smallest absolute Gasteiger partial charge is 0.227 e. The zero-order valence-electron chi connectivity index (χ0n) is 20.3. The van der Waals surface area contributed by atoms with E-state index in [1.807, 2.05) is 23.1 Å². The second kappa shape index (κ2) is 10.6. The minimum atomic E-state index is -0.402. The Morgan fingerprint density at radius 2 is 1.92 bits per heavy atom. The SMILES string of the molecule is O[C@@H]1CCCC[C@H]1Nc1nc2ccc(Oc3ncccc3-c3ccnc(N4CCOCC4)c3F)cc2s1. The first-order chi connectivity index (χ1) is 18.2. The fraction of sp³-hybridized carbons (Fsp3) is 0.370. The molecule has 0 radical (unpaired) electrons. The molecule has 0 bridgehead atoms. The first-order valence-electron chi connectivity index (χ1n) is 12.6. The van der Waals surface area contributed by atoms with E-state index in [9.17, 15) is 5.11 Å². The number of halogens is 1. The lowest BCUT2D eigenvalue weighted by Gasteiger charge is -2.28. The molecule has 1 saturated carbocycles. The van der Waals surface area contributed by atoms with Gasteiger partial charge in [-0.1, -0.05) is 24.2 Å². The maximum absolute atomic E-state index is 15.6. The van der Waals surface area contributed by atoms with Gasteiger partial charge >= 0.3 is 0 Å².